The number of amides is 1. The number of carbonyl (C=O) groups excluding carboxylic acids is 1. The average Bonchev–Trinajstić information content (AvgIpc) is 3.07. The molecule has 106 valence electrons. The first-order valence-electron chi connectivity index (χ1n) is 6.57. The third kappa shape index (κ3) is 3.56. The smallest absolute Gasteiger partial charge is 0.209 e. The maximum absolute atomic E-state index is 10.7. The molecule has 1 spiro atoms. The standard InChI is InChI=1S/C13H21ClN4O/c14-11(15)1-2-12(16)17-8-10-7-13(10)3-5-18(9-19)6-4-13/h1-2,9-10,17H,3-8,15-16H2/b11-1-,12-2+. The number of carbonyl (C=O) groups is 1. The number of nitrogens with zero attached hydrogens (tertiary/aromatic N) is 1. The lowest BCUT2D eigenvalue weighted by molar-refractivity contribution is -0.119. The van der Waals surface area contributed by atoms with Crippen molar-refractivity contribution in [3.63, 3.8) is 0 Å². The minimum atomic E-state index is 0.217. The number of nitrogens with one attached hydrogen (secondary N) is 1. The van der Waals surface area contributed by atoms with Crippen LogP contribution in [0, 0.1) is 11.3 Å². The molecule has 1 atom stereocenters. The molecule has 1 unspecified atom stereocenters. The van der Waals surface area contributed by atoms with Crippen LogP contribution in [0.2, 0.25) is 0 Å². The maximum atomic E-state index is 10.7. The third-order valence-corrected chi connectivity index (χ3v) is 4.40. The SMILES string of the molecule is N/C(Cl)=C\C=C(/N)NCC1CC12CCN(C=O)CC2. The Morgan fingerprint density at radius 3 is 2.63 bits per heavy atom. The minimum Gasteiger partial charge on any atom is -0.389 e. The van der Waals surface area contributed by atoms with Crippen molar-refractivity contribution in [1.82, 2.24) is 10.2 Å². The fourth-order valence-corrected chi connectivity index (χ4v) is 2.94. The van der Waals surface area contributed by atoms with Crippen LogP contribution in [0.1, 0.15) is 19.3 Å². The Kier molecular flexibility index (Phi) is 4.24. The lowest BCUT2D eigenvalue weighted by atomic mass is 9.91. The molecule has 1 aliphatic heterocycles. The molecule has 19 heavy (non-hydrogen) atoms. The van der Waals surface area contributed by atoms with Crippen molar-refractivity contribution >= 4 is 18.0 Å². The highest BCUT2D eigenvalue weighted by molar-refractivity contribution is 6.29. The molecule has 1 aliphatic carbocycles. The predicted octanol–water partition coefficient (Wildman–Crippen LogP) is 0.673. The molecule has 1 saturated heterocycles. The summed E-state index contributed by atoms with van der Waals surface area (Å²) in [6.45, 7) is 2.65. The van der Waals surface area contributed by atoms with Crippen molar-refractivity contribution in [3.05, 3.63) is 23.1 Å². The van der Waals surface area contributed by atoms with Gasteiger partial charge in [0, 0.05) is 19.6 Å². The van der Waals surface area contributed by atoms with Crippen LogP contribution in [0.15, 0.2) is 23.1 Å². The second-order valence-corrected chi connectivity index (χ2v) is 5.90. The van der Waals surface area contributed by atoms with Gasteiger partial charge >= 0.3 is 0 Å². The zero-order chi connectivity index (χ0) is 13.9. The number of nitrogens with two attached hydrogens (primary N) is 2. The zero-order valence-corrected chi connectivity index (χ0v) is 11.7. The Balaban J connectivity index is 1.74. The van der Waals surface area contributed by atoms with Gasteiger partial charge < -0.3 is 21.7 Å². The largest absolute Gasteiger partial charge is 0.389 e. The van der Waals surface area contributed by atoms with Gasteiger partial charge in [0.2, 0.25) is 6.41 Å². The molecule has 0 aromatic heterocycles. The predicted molar refractivity (Wildman–Crippen MR) is 75.8 cm³/mol. The van der Waals surface area contributed by atoms with E-state index in [4.69, 9.17) is 23.1 Å². The number of hydrogen-bond acceptors (Lipinski definition) is 4. The number of halogens is 1. The van der Waals surface area contributed by atoms with Crippen molar-refractivity contribution in [1.29, 1.82) is 0 Å². The van der Waals surface area contributed by atoms with Gasteiger partial charge in [0.15, 0.2) is 0 Å². The Labute approximate surface area is 118 Å². The van der Waals surface area contributed by atoms with Crippen molar-refractivity contribution in [2.24, 2.45) is 22.8 Å². The quantitative estimate of drug-likeness (QED) is 0.394. The molecule has 0 radical (unpaired) electrons. The average molecular weight is 285 g/mol. The van der Waals surface area contributed by atoms with E-state index in [0.29, 0.717) is 17.2 Å². The van der Waals surface area contributed by atoms with Gasteiger partial charge in [-0.2, -0.15) is 0 Å². The summed E-state index contributed by atoms with van der Waals surface area (Å²) in [6, 6.07) is 0. The van der Waals surface area contributed by atoms with Crippen molar-refractivity contribution in [2.75, 3.05) is 19.6 Å². The Hall–Kier alpha value is -1.36. The molecule has 2 rings (SSSR count). The molecule has 5 nitrogen and oxygen atoms in total. The first-order chi connectivity index (χ1) is 9.05. The highest BCUT2D eigenvalue weighted by atomic mass is 35.5. The van der Waals surface area contributed by atoms with Crippen LogP contribution in [0.25, 0.3) is 0 Å². The van der Waals surface area contributed by atoms with Crippen molar-refractivity contribution in [2.45, 2.75) is 19.3 Å². The van der Waals surface area contributed by atoms with Crippen LogP contribution in [0.4, 0.5) is 0 Å². The number of hydrogen-bond donors (Lipinski definition) is 3. The summed E-state index contributed by atoms with van der Waals surface area (Å²) in [4.78, 5) is 12.5. The number of likely N-dealkylation sites (tertiary alicyclic amines) is 1. The zero-order valence-electron chi connectivity index (χ0n) is 10.9. The van der Waals surface area contributed by atoms with Gasteiger partial charge in [0.1, 0.15) is 0 Å². The molecule has 6 heteroatoms. The van der Waals surface area contributed by atoms with Crippen LogP contribution >= 0.6 is 11.6 Å². The number of piperidine rings is 1. The highest BCUT2D eigenvalue weighted by Gasteiger charge is 2.54. The molecular formula is C13H21ClN4O. The van der Waals surface area contributed by atoms with Gasteiger partial charge in [-0.3, -0.25) is 4.79 Å². The van der Waals surface area contributed by atoms with E-state index in [1.54, 1.807) is 12.2 Å². The number of rotatable bonds is 5. The van der Waals surface area contributed by atoms with Gasteiger partial charge in [-0.15, -0.1) is 0 Å². The highest BCUT2D eigenvalue weighted by Crippen LogP contribution is 2.58. The molecule has 1 saturated carbocycles. The van der Waals surface area contributed by atoms with Crippen LogP contribution < -0.4 is 16.8 Å². The first-order valence-corrected chi connectivity index (χ1v) is 6.95. The monoisotopic (exact) mass is 284 g/mol. The molecule has 0 aromatic rings. The third-order valence-electron chi connectivity index (χ3n) is 4.28. The summed E-state index contributed by atoms with van der Waals surface area (Å²) in [5.41, 5.74) is 11.5. The Morgan fingerprint density at radius 1 is 1.37 bits per heavy atom. The van der Waals surface area contributed by atoms with Crippen LogP contribution in [-0.4, -0.2) is 30.9 Å². The first kappa shape index (κ1) is 14.1. The Bertz CT molecular complexity index is 395. The van der Waals surface area contributed by atoms with E-state index in [1.165, 1.54) is 6.42 Å². The summed E-state index contributed by atoms with van der Waals surface area (Å²) in [7, 11) is 0. The van der Waals surface area contributed by atoms with Crippen molar-refractivity contribution in [3.8, 4) is 0 Å². The maximum Gasteiger partial charge on any atom is 0.209 e. The fraction of sp³-hybridized carbons (Fsp3) is 0.615. The summed E-state index contributed by atoms with van der Waals surface area (Å²) >= 11 is 5.52. The second kappa shape index (κ2) is 5.74. The van der Waals surface area contributed by atoms with Gasteiger partial charge in [0.25, 0.3) is 0 Å². The molecule has 2 aliphatic rings. The molecule has 5 N–H and O–H groups in total. The molecule has 2 fully saturated rings. The molecule has 0 bridgehead atoms. The van der Waals surface area contributed by atoms with E-state index >= 15 is 0 Å². The summed E-state index contributed by atoms with van der Waals surface area (Å²) in [6.07, 6.45) is 7.63. The van der Waals surface area contributed by atoms with Gasteiger partial charge in [-0.1, -0.05) is 11.6 Å². The van der Waals surface area contributed by atoms with Crippen molar-refractivity contribution < 1.29 is 4.79 Å². The molecular weight excluding hydrogens is 264 g/mol. The van der Waals surface area contributed by atoms with Gasteiger partial charge in [-0.05, 0) is 42.7 Å². The van der Waals surface area contributed by atoms with E-state index in [1.807, 2.05) is 4.90 Å². The van der Waals surface area contributed by atoms with E-state index in [2.05, 4.69) is 5.32 Å². The normalized spacial score (nSPS) is 26.4. The Morgan fingerprint density at radius 2 is 2.05 bits per heavy atom. The summed E-state index contributed by atoms with van der Waals surface area (Å²) in [5.74, 6) is 1.24. The topological polar surface area (TPSA) is 84.4 Å². The van der Waals surface area contributed by atoms with Crippen LogP contribution in [0.3, 0.4) is 0 Å². The summed E-state index contributed by atoms with van der Waals surface area (Å²) in [5, 5.41) is 3.41. The van der Waals surface area contributed by atoms with E-state index < -0.39 is 0 Å². The lowest BCUT2D eigenvalue weighted by Crippen LogP contribution is -2.35. The van der Waals surface area contributed by atoms with Crippen LogP contribution in [0.5, 0.6) is 0 Å². The van der Waals surface area contributed by atoms with E-state index in [9.17, 15) is 4.79 Å². The van der Waals surface area contributed by atoms with Gasteiger partial charge in [0.05, 0.1) is 11.0 Å². The summed E-state index contributed by atoms with van der Waals surface area (Å²) < 4.78 is 0. The molecule has 0 aromatic carbocycles. The second-order valence-electron chi connectivity index (χ2n) is 5.46. The van der Waals surface area contributed by atoms with E-state index in [0.717, 1.165) is 38.9 Å². The lowest BCUT2D eigenvalue weighted by Gasteiger charge is -2.30. The van der Waals surface area contributed by atoms with Crippen LogP contribution in [-0.2, 0) is 4.79 Å². The molecule has 1 amide bonds. The number of allylic oxidation sites excluding steroid dienone is 2. The van der Waals surface area contributed by atoms with E-state index in [-0.39, 0.29) is 5.16 Å². The molecule has 1 heterocycles. The minimum absolute atomic E-state index is 0.217. The fourth-order valence-electron chi connectivity index (χ4n) is 2.88. The van der Waals surface area contributed by atoms with Gasteiger partial charge in [-0.25, -0.2) is 0 Å².